The molecule has 0 fully saturated rings. The molecule has 1 rings (SSSR count). The molecule has 4 heteroatoms. The van der Waals surface area contributed by atoms with E-state index < -0.39 is 11.3 Å². The predicted molar refractivity (Wildman–Crippen MR) is 81.0 cm³/mol. The van der Waals surface area contributed by atoms with Gasteiger partial charge in [0.25, 0.3) is 0 Å². The van der Waals surface area contributed by atoms with Crippen molar-refractivity contribution >= 4 is 17.6 Å². The summed E-state index contributed by atoms with van der Waals surface area (Å²) in [6.07, 6.45) is 4.70. The van der Waals surface area contributed by atoms with Crippen molar-refractivity contribution in [3.8, 4) is 0 Å². The number of esters is 1. The summed E-state index contributed by atoms with van der Waals surface area (Å²) in [7, 11) is 0. The topological polar surface area (TPSA) is 35.5 Å². The molecule has 3 nitrogen and oxygen atoms in total. The average Bonchev–Trinajstić information content (AvgIpc) is 2.50. The van der Waals surface area contributed by atoms with Gasteiger partial charge in [-0.25, -0.2) is 0 Å². The van der Waals surface area contributed by atoms with Gasteiger partial charge in [-0.3, -0.25) is 4.79 Å². The fourth-order valence-corrected chi connectivity index (χ4v) is 1.97. The molecule has 0 spiro atoms. The van der Waals surface area contributed by atoms with Crippen molar-refractivity contribution in [3.05, 3.63) is 35.9 Å². The summed E-state index contributed by atoms with van der Waals surface area (Å²) in [4.78, 5) is 11.7. The summed E-state index contributed by atoms with van der Waals surface area (Å²) in [6.45, 7) is 3.58. The van der Waals surface area contributed by atoms with Crippen LogP contribution in [0.3, 0.4) is 0 Å². The zero-order chi connectivity index (χ0) is 14.6. The van der Waals surface area contributed by atoms with E-state index in [0.29, 0.717) is 6.61 Å². The Morgan fingerprint density at radius 1 is 1.10 bits per heavy atom. The molecule has 0 aliphatic heterocycles. The first-order chi connectivity index (χ1) is 9.75. The molecule has 0 amide bonds. The van der Waals surface area contributed by atoms with Crippen molar-refractivity contribution in [1.29, 1.82) is 0 Å². The number of benzene rings is 1. The van der Waals surface area contributed by atoms with Crippen molar-refractivity contribution in [2.75, 3.05) is 19.8 Å². The molecule has 1 unspecified atom stereocenters. The Hall–Kier alpha value is -1.06. The maximum atomic E-state index is 11.7. The molecule has 0 radical (unpaired) electrons. The number of carbonyl (C=O) groups excluding carboxylic acids is 1. The molecule has 0 aliphatic carbocycles. The maximum Gasteiger partial charge on any atom is 0.328 e. The Bertz CT molecular complexity index is 367. The molecular formula is C16H23ClO3. The van der Waals surface area contributed by atoms with Gasteiger partial charge in [-0.2, -0.15) is 0 Å². The minimum atomic E-state index is -0.749. The van der Waals surface area contributed by atoms with Gasteiger partial charge in [0.1, 0.15) is 6.61 Å². The van der Waals surface area contributed by atoms with Gasteiger partial charge in [-0.15, -0.1) is 11.6 Å². The molecule has 0 saturated heterocycles. The Labute approximate surface area is 126 Å². The number of ether oxygens (including phenoxy) is 2. The number of rotatable bonds is 10. The zero-order valence-electron chi connectivity index (χ0n) is 12.0. The Balaban J connectivity index is 2.08. The number of carbonyl (C=O) groups is 1. The summed E-state index contributed by atoms with van der Waals surface area (Å²) >= 11 is 6.04. The molecule has 112 valence electrons. The fourth-order valence-electron chi connectivity index (χ4n) is 1.77. The van der Waals surface area contributed by atoms with E-state index in [0.717, 1.165) is 18.6 Å². The average molecular weight is 299 g/mol. The molecule has 0 N–H and O–H groups in total. The third-order valence-electron chi connectivity index (χ3n) is 2.91. The highest BCUT2D eigenvalue weighted by molar-refractivity contribution is 6.29. The Morgan fingerprint density at radius 3 is 2.55 bits per heavy atom. The highest BCUT2D eigenvalue weighted by Gasteiger charge is 2.18. The van der Waals surface area contributed by atoms with Crippen LogP contribution in [-0.4, -0.2) is 25.8 Å². The van der Waals surface area contributed by atoms with E-state index >= 15 is 0 Å². The Morgan fingerprint density at radius 2 is 1.85 bits per heavy atom. The summed E-state index contributed by atoms with van der Waals surface area (Å²) < 4.78 is 10.5. The smallest absolute Gasteiger partial charge is 0.328 e. The van der Waals surface area contributed by atoms with Crippen LogP contribution in [0.25, 0.3) is 0 Å². The van der Waals surface area contributed by atoms with Gasteiger partial charge in [0.05, 0.1) is 6.61 Å². The second kappa shape index (κ2) is 10.7. The summed E-state index contributed by atoms with van der Waals surface area (Å²) in [5.41, 5.74) is 0.750. The van der Waals surface area contributed by atoms with Crippen LogP contribution in [0.4, 0.5) is 0 Å². The predicted octanol–water partition coefficient (Wildman–Crippen LogP) is 4.11. The normalized spacial score (nSPS) is 12.1. The van der Waals surface area contributed by atoms with Gasteiger partial charge in [0, 0.05) is 6.61 Å². The summed E-state index contributed by atoms with van der Waals surface area (Å²) in [6, 6.07) is 9.19. The van der Waals surface area contributed by atoms with E-state index in [-0.39, 0.29) is 6.61 Å². The van der Waals surface area contributed by atoms with E-state index in [4.69, 9.17) is 21.1 Å². The molecule has 0 heterocycles. The summed E-state index contributed by atoms with van der Waals surface area (Å²) in [5, 5.41) is -0.749. The van der Waals surface area contributed by atoms with Crippen LogP contribution >= 0.6 is 11.6 Å². The molecule has 1 aromatic rings. The molecule has 0 bridgehead atoms. The standard InChI is InChI=1S/C16H23ClO3/c1-2-3-4-8-11-19-12-13-20-16(18)15(17)14-9-6-5-7-10-14/h5-7,9-10,15H,2-4,8,11-13H2,1H3. The number of alkyl halides is 1. The van der Waals surface area contributed by atoms with Crippen LogP contribution in [-0.2, 0) is 14.3 Å². The summed E-state index contributed by atoms with van der Waals surface area (Å²) in [5.74, 6) is -0.424. The number of unbranched alkanes of at least 4 members (excludes halogenated alkanes) is 3. The minimum absolute atomic E-state index is 0.253. The van der Waals surface area contributed by atoms with Gasteiger partial charge in [-0.1, -0.05) is 56.5 Å². The van der Waals surface area contributed by atoms with Crippen LogP contribution in [0, 0.1) is 0 Å². The second-order valence-electron chi connectivity index (χ2n) is 4.61. The number of hydrogen-bond donors (Lipinski definition) is 0. The molecule has 0 aromatic heterocycles. The first kappa shape index (κ1) is 17.0. The lowest BCUT2D eigenvalue weighted by Gasteiger charge is -2.10. The molecule has 0 aliphatic rings. The van der Waals surface area contributed by atoms with Gasteiger partial charge in [0.15, 0.2) is 5.38 Å². The van der Waals surface area contributed by atoms with E-state index in [9.17, 15) is 4.79 Å². The van der Waals surface area contributed by atoms with Crippen LogP contribution in [0.1, 0.15) is 43.5 Å². The highest BCUT2D eigenvalue weighted by atomic mass is 35.5. The molecule has 1 aromatic carbocycles. The van der Waals surface area contributed by atoms with E-state index in [1.165, 1.54) is 19.3 Å². The first-order valence-electron chi connectivity index (χ1n) is 7.19. The molecule has 20 heavy (non-hydrogen) atoms. The van der Waals surface area contributed by atoms with Crippen molar-refractivity contribution < 1.29 is 14.3 Å². The van der Waals surface area contributed by atoms with E-state index in [1.807, 2.05) is 30.3 Å². The van der Waals surface area contributed by atoms with Crippen molar-refractivity contribution in [1.82, 2.24) is 0 Å². The van der Waals surface area contributed by atoms with E-state index in [2.05, 4.69) is 6.92 Å². The monoisotopic (exact) mass is 298 g/mol. The maximum absolute atomic E-state index is 11.7. The second-order valence-corrected chi connectivity index (χ2v) is 5.05. The third kappa shape index (κ3) is 6.92. The lowest BCUT2D eigenvalue weighted by molar-refractivity contribution is -0.144. The molecular weight excluding hydrogens is 276 g/mol. The lowest BCUT2D eigenvalue weighted by atomic mass is 10.1. The van der Waals surface area contributed by atoms with Crippen LogP contribution in [0.2, 0.25) is 0 Å². The largest absolute Gasteiger partial charge is 0.462 e. The van der Waals surface area contributed by atoms with E-state index in [1.54, 1.807) is 0 Å². The van der Waals surface area contributed by atoms with Crippen LogP contribution in [0.5, 0.6) is 0 Å². The van der Waals surface area contributed by atoms with Gasteiger partial charge >= 0.3 is 5.97 Å². The SMILES string of the molecule is CCCCCCOCCOC(=O)C(Cl)c1ccccc1. The van der Waals surface area contributed by atoms with Gasteiger partial charge in [-0.05, 0) is 12.0 Å². The van der Waals surface area contributed by atoms with Gasteiger partial charge in [0.2, 0.25) is 0 Å². The Kier molecular flexibility index (Phi) is 9.09. The highest BCUT2D eigenvalue weighted by Crippen LogP contribution is 2.21. The van der Waals surface area contributed by atoms with Crippen LogP contribution < -0.4 is 0 Å². The quantitative estimate of drug-likeness (QED) is 0.370. The van der Waals surface area contributed by atoms with Crippen molar-refractivity contribution in [3.63, 3.8) is 0 Å². The van der Waals surface area contributed by atoms with Gasteiger partial charge < -0.3 is 9.47 Å². The lowest BCUT2D eigenvalue weighted by Crippen LogP contribution is -2.15. The molecule has 0 saturated carbocycles. The molecule has 1 atom stereocenters. The van der Waals surface area contributed by atoms with Crippen LogP contribution in [0.15, 0.2) is 30.3 Å². The zero-order valence-corrected chi connectivity index (χ0v) is 12.8. The number of hydrogen-bond acceptors (Lipinski definition) is 3. The number of halogens is 1. The minimum Gasteiger partial charge on any atom is -0.462 e. The fraction of sp³-hybridized carbons (Fsp3) is 0.562. The van der Waals surface area contributed by atoms with Crippen molar-refractivity contribution in [2.45, 2.75) is 38.0 Å². The van der Waals surface area contributed by atoms with Crippen molar-refractivity contribution in [2.24, 2.45) is 0 Å². The third-order valence-corrected chi connectivity index (χ3v) is 3.34. The first-order valence-corrected chi connectivity index (χ1v) is 7.62.